The van der Waals surface area contributed by atoms with Gasteiger partial charge in [-0.15, -0.1) is 0 Å². The first-order valence-electron chi connectivity index (χ1n) is 8.76. The number of hydrogen-bond acceptors (Lipinski definition) is 3. The molecule has 134 valence electrons. The summed E-state index contributed by atoms with van der Waals surface area (Å²) in [6.07, 6.45) is 3.07. The minimum absolute atomic E-state index is 0.179. The predicted octanol–water partition coefficient (Wildman–Crippen LogP) is 4.23. The summed E-state index contributed by atoms with van der Waals surface area (Å²) in [4.78, 5) is 14.0. The maximum Gasteiger partial charge on any atom is 0.410 e. The van der Waals surface area contributed by atoms with Gasteiger partial charge in [0.05, 0.1) is 0 Å². The van der Waals surface area contributed by atoms with Crippen molar-refractivity contribution in [1.82, 2.24) is 10.2 Å². The van der Waals surface area contributed by atoms with Gasteiger partial charge in [-0.25, -0.2) is 4.79 Å². The van der Waals surface area contributed by atoms with Crippen molar-refractivity contribution in [2.45, 2.75) is 45.6 Å². The summed E-state index contributed by atoms with van der Waals surface area (Å²) < 4.78 is 6.60. The zero-order chi connectivity index (χ0) is 17.6. The quantitative estimate of drug-likeness (QED) is 0.757. The van der Waals surface area contributed by atoms with Crippen LogP contribution in [0.25, 0.3) is 0 Å². The summed E-state index contributed by atoms with van der Waals surface area (Å²) in [6.45, 7) is 9.26. The van der Waals surface area contributed by atoms with Crippen LogP contribution in [0.3, 0.4) is 0 Å². The predicted molar refractivity (Wildman–Crippen MR) is 101 cm³/mol. The van der Waals surface area contributed by atoms with E-state index in [1.807, 2.05) is 25.7 Å². The van der Waals surface area contributed by atoms with Gasteiger partial charge in [0.25, 0.3) is 0 Å². The SMILES string of the molecule is CC(C)(C)OC(=O)N1CCC[C@@H](CNCCc2ccc(Br)cc2)C1. The molecule has 24 heavy (non-hydrogen) atoms. The second-order valence-corrected chi connectivity index (χ2v) is 8.43. The Morgan fingerprint density at radius 2 is 2.04 bits per heavy atom. The highest BCUT2D eigenvalue weighted by atomic mass is 79.9. The second-order valence-electron chi connectivity index (χ2n) is 7.52. The number of ether oxygens (including phenoxy) is 1. The third kappa shape index (κ3) is 6.81. The second kappa shape index (κ2) is 8.86. The summed E-state index contributed by atoms with van der Waals surface area (Å²) in [5, 5.41) is 3.54. The summed E-state index contributed by atoms with van der Waals surface area (Å²) in [7, 11) is 0. The summed E-state index contributed by atoms with van der Waals surface area (Å²) >= 11 is 3.46. The summed E-state index contributed by atoms with van der Waals surface area (Å²) in [5.74, 6) is 0.510. The summed E-state index contributed by atoms with van der Waals surface area (Å²) in [6, 6.07) is 8.46. The van der Waals surface area contributed by atoms with Gasteiger partial charge in [-0.05, 0) is 76.7 Å². The molecule has 5 heteroatoms. The van der Waals surface area contributed by atoms with Gasteiger partial charge in [0, 0.05) is 17.6 Å². The molecule has 1 aliphatic rings. The van der Waals surface area contributed by atoms with Gasteiger partial charge in [-0.2, -0.15) is 0 Å². The summed E-state index contributed by atoms with van der Waals surface area (Å²) in [5.41, 5.74) is 0.914. The Kier molecular flexibility index (Phi) is 7.11. The van der Waals surface area contributed by atoms with E-state index in [1.54, 1.807) is 0 Å². The molecule has 0 saturated carbocycles. The maximum atomic E-state index is 12.2. The van der Waals surface area contributed by atoms with Crippen molar-refractivity contribution in [3.8, 4) is 0 Å². The fourth-order valence-electron chi connectivity index (χ4n) is 2.91. The zero-order valence-corrected chi connectivity index (χ0v) is 16.6. The number of hydrogen-bond donors (Lipinski definition) is 1. The Hall–Kier alpha value is -1.07. The molecule has 1 aliphatic heterocycles. The number of carbonyl (C=O) groups excluding carboxylic acids is 1. The van der Waals surface area contributed by atoms with Crippen LogP contribution in [0.5, 0.6) is 0 Å². The van der Waals surface area contributed by atoms with Crippen LogP contribution >= 0.6 is 15.9 Å². The topological polar surface area (TPSA) is 41.6 Å². The molecule has 0 aromatic heterocycles. The number of likely N-dealkylation sites (tertiary alicyclic amines) is 1. The lowest BCUT2D eigenvalue weighted by molar-refractivity contribution is 0.0166. The molecule has 0 aliphatic carbocycles. The standard InChI is InChI=1S/C19H29BrN2O2/c1-19(2,3)24-18(23)22-12-4-5-16(14-22)13-21-11-10-15-6-8-17(20)9-7-15/h6-9,16,21H,4-5,10-14H2,1-3H3/t16-/m0/s1. The van der Waals surface area contributed by atoms with Gasteiger partial charge in [0.1, 0.15) is 5.60 Å². The van der Waals surface area contributed by atoms with E-state index in [-0.39, 0.29) is 6.09 Å². The minimum atomic E-state index is -0.424. The number of piperidine rings is 1. The number of amides is 1. The Morgan fingerprint density at radius 3 is 2.71 bits per heavy atom. The van der Waals surface area contributed by atoms with E-state index < -0.39 is 5.60 Å². The van der Waals surface area contributed by atoms with Gasteiger partial charge < -0.3 is 15.0 Å². The highest BCUT2D eigenvalue weighted by molar-refractivity contribution is 9.10. The molecule has 1 saturated heterocycles. The average Bonchev–Trinajstić information content (AvgIpc) is 2.52. The van der Waals surface area contributed by atoms with Crippen LogP contribution in [-0.2, 0) is 11.2 Å². The molecule has 2 rings (SSSR count). The Balaban J connectivity index is 1.69. The lowest BCUT2D eigenvalue weighted by Gasteiger charge is -2.34. The van der Waals surface area contributed by atoms with Gasteiger partial charge in [0.2, 0.25) is 0 Å². The van der Waals surface area contributed by atoms with Crippen LogP contribution in [0.2, 0.25) is 0 Å². The van der Waals surface area contributed by atoms with E-state index in [0.717, 1.165) is 43.5 Å². The van der Waals surface area contributed by atoms with Gasteiger partial charge >= 0.3 is 6.09 Å². The molecule has 4 nitrogen and oxygen atoms in total. The number of rotatable bonds is 5. The minimum Gasteiger partial charge on any atom is -0.444 e. The largest absolute Gasteiger partial charge is 0.444 e. The third-order valence-electron chi connectivity index (χ3n) is 4.11. The highest BCUT2D eigenvalue weighted by Gasteiger charge is 2.27. The molecule has 1 fully saturated rings. The van der Waals surface area contributed by atoms with Crippen LogP contribution in [0.15, 0.2) is 28.7 Å². The number of nitrogens with zero attached hydrogens (tertiary/aromatic N) is 1. The van der Waals surface area contributed by atoms with E-state index in [2.05, 4.69) is 45.5 Å². The van der Waals surface area contributed by atoms with E-state index >= 15 is 0 Å². The van der Waals surface area contributed by atoms with Crippen LogP contribution in [-0.4, -0.2) is 42.8 Å². The number of benzene rings is 1. The van der Waals surface area contributed by atoms with E-state index in [4.69, 9.17) is 4.74 Å². The molecule has 1 aromatic rings. The highest BCUT2D eigenvalue weighted by Crippen LogP contribution is 2.19. The lowest BCUT2D eigenvalue weighted by atomic mass is 9.98. The first-order chi connectivity index (χ1) is 11.3. The zero-order valence-electron chi connectivity index (χ0n) is 15.0. The van der Waals surface area contributed by atoms with E-state index in [1.165, 1.54) is 12.0 Å². The van der Waals surface area contributed by atoms with Crippen molar-refractivity contribution < 1.29 is 9.53 Å². The number of halogens is 1. The molecule has 0 bridgehead atoms. The van der Waals surface area contributed by atoms with Gasteiger partial charge in [0.15, 0.2) is 0 Å². The molecule has 1 amide bonds. The molecule has 1 heterocycles. The molecular formula is C19H29BrN2O2. The van der Waals surface area contributed by atoms with Crippen LogP contribution in [0.1, 0.15) is 39.2 Å². The van der Waals surface area contributed by atoms with Gasteiger partial charge in [-0.1, -0.05) is 28.1 Å². The molecule has 1 atom stereocenters. The van der Waals surface area contributed by atoms with E-state index in [9.17, 15) is 4.79 Å². The molecule has 1 aromatic carbocycles. The monoisotopic (exact) mass is 396 g/mol. The van der Waals surface area contributed by atoms with Gasteiger partial charge in [-0.3, -0.25) is 0 Å². The Labute approximate surface area is 154 Å². The fourth-order valence-corrected chi connectivity index (χ4v) is 3.18. The van der Waals surface area contributed by atoms with Crippen molar-refractivity contribution in [2.24, 2.45) is 5.92 Å². The first-order valence-corrected chi connectivity index (χ1v) is 9.56. The van der Waals surface area contributed by atoms with Crippen LogP contribution < -0.4 is 5.32 Å². The van der Waals surface area contributed by atoms with Crippen molar-refractivity contribution in [1.29, 1.82) is 0 Å². The van der Waals surface area contributed by atoms with Crippen molar-refractivity contribution in [3.63, 3.8) is 0 Å². The fraction of sp³-hybridized carbons (Fsp3) is 0.632. The molecule has 0 unspecified atom stereocenters. The molecule has 1 N–H and O–H groups in total. The third-order valence-corrected chi connectivity index (χ3v) is 4.64. The molecule has 0 spiro atoms. The van der Waals surface area contributed by atoms with Crippen LogP contribution in [0.4, 0.5) is 4.79 Å². The van der Waals surface area contributed by atoms with Crippen molar-refractivity contribution >= 4 is 22.0 Å². The number of nitrogens with one attached hydrogen (secondary N) is 1. The number of carbonyl (C=O) groups is 1. The van der Waals surface area contributed by atoms with E-state index in [0.29, 0.717) is 5.92 Å². The lowest BCUT2D eigenvalue weighted by Crippen LogP contribution is -2.45. The van der Waals surface area contributed by atoms with Crippen LogP contribution in [0, 0.1) is 5.92 Å². The normalized spacial score (nSPS) is 18.5. The maximum absolute atomic E-state index is 12.2. The van der Waals surface area contributed by atoms with Crippen molar-refractivity contribution in [2.75, 3.05) is 26.2 Å². The Bertz CT molecular complexity index is 525. The molecular weight excluding hydrogens is 368 g/mol. The first kappa shape index (κ1) is 19.3. The average molecular weight is 397 g/mol. The molecule has 0 radical (unpaired) electrons. The Morgan fingerprint density at radius 1 is 1.33 bits per heavy atom. The smallest absolute Gasteiger partial charge is 0.410 e. The van der Waals surface area contributed by atoms with Crippen molar-refractivity contribution in [3.05, 3.63) is 34.3 Å².